The summed E-state index contributed by atoms with van der Waals surface area (Å²) >= 11 is 0. The molecule has 2 heterocycles. The molecule has 0 saturated heterocycles. The fraction of sp³-hybridized carbons (Fsp3) is 0.333. The van der Waals surface area contributed by atoms with Crippen LogP contribution in [0.15, 0.2) is 64.3 Å². The van der Waals surface area contributed by atoms with Gasteiger partial charge in [0.05, 0.1) is 18.7 Å². The number of likely N-dealkylation sites (N-methyl/N-ethyl adjacent to an activating group) is 1. The van der Waals surface area contributed by atoms with Gasteiger partial charge in [0.15, 0.2) is 22.9 Å². The summed E-state index contributed by atoms with van der Waals surface area (Å²) in [6.07, 6.45) is 0. The van der Waals surface area contributed by atoms with E-state index in [4.69, 9.17) is 9.15 Å². The second kappa shape index (κ2) is 9.73. The van der Waals surface area contributed by atoms with Gasteiger partial charge in [0.2, 0.25) is 5.78 Å². The predicted molar refractivity (Wildman–Crippen MR) is 130 cm³/mol. The van der Waals surface area contributed by atoms with Crippen molar-refractivity contribution in [2.75, 3.05) is 33.3 Å². The number of aliphatic hydroxyl groups is 1. The number of carbonyl (C=O) groups excluding carboxylic acids is 2. The summed E-state index contributed by atoms with van der Waals surface area (Å²) in [5, 5.41) is 11.6. The van der Waals surface area contributed by atoms with Crippen LogP contribution in [0.3, 0.4) is 0 Å². The molecule has 0 saturated carbocycles. The van der Waals surface area contributed by atoms with Gasteiger partial charge < -0.3 is 24.1 Å². The SMILES string of the molecule is CCN(CC)CCN1C(=O)C(O)=C(C(=O)c2cc3cccc(OC)c3o2)C1c1cccc(C)c1. The highest BCUT2D eigenvalue weighted by atomic mass is 16.5. The van der Waals surface area contributed by atoms with Gasteiger partial charge in [0.25, 0.3) is 5.91 Å². The highest BCUT2D eigenvalue weighted by molar-refractivity contribution is 6.16. The van der Waals surface area contributed by atoms with E-state index in [1.165, 1.54) is 7.11 Å². The molecule has 7 heteroatoms. The van der Waals surface area contributed by atoms with Gasteiger partial charge in [0.1, 0.15) is 0 Å². The standard InChI is InChI=1S/C27H30N2O5/c1-5-28(6-2)13-14-29-23(18-10-7-9-17(3)15-18)22(25(31)27(29)32)24(30)21-16-19-11-8-12-20(33-4)26(19)34-21/h7-12,15-16,23,31H,5-6,13-14H2,1-4H3. The van der Waals surface area contributed by atoms with Crippen molar-refractivity contribution < 1.29 is 23.8 Å². The first-order valence-electron chi connectivity index (χ1n) is 11.5. The minimum atomic E-state index is -0.703. The molecule has 1 atom stereocenters. The van der Waals surface area contributed by atoms with Crippen molar-refractivity contribution in [3.63, 3.8) is 0 Å². The summed E-state index contributed by atoms with van der Waals surface area (Å²) in [6.45, 7) is 8.80. The van der Waals surface area contributed by atoms with Crippen molar-refractivity contribution in [2.24, 2.45) is 0 Å². The number of amides is 1. The second-order valence-electron chi connectivity index (χ2n) is 8.42. The molecular weight excluding hydrogens is 432 g/mol. The first-order chi connectivity index (χ1) is 16.4. The highest BCUT2D eigenvalue weighted by Crippen LogP contribution is 2.40. The summed E-state index contributed by atoms with van der Waals surface area (Å²) in [5.41, 5.74) is 2.26. The lowest BCUT2D eigenvalue weighted by Gasteiger charge is -2.29. The van der Waals surface area contributed by atoms with E-state index in [0.717, 1.165) is 24.2 Å². The third-order valence-corrected chi connectivity index (χ3v) is 6.41. The largest absolute Gasteiger partial charge is 0.503 e. The monoisotopic (exact) mass is 462 g/mol. The van der Waals surface area contributed by atoms with Gasteiger partial charge in [-0.3, -0.25) is 9.59 Å². The molecule has 1 amide bonds. The number of fused-ring (bicyclic) bond motifs is 1. The number of Topliss-reactive ketones (excluding diaryl/α,β-unsaturated/α-hetero) is 1. The molecule has 0 aliphatic carbocycles. The highest BCUT2D eigenvalue weighted by Gasteiger charge is 2.44. The van der Waals surface area contributed by atoms with E-state index in [0.29, 0.717) is 29.8 Å². The minimum absolute atomic E-state index is 0.0353. The Morgan fingerprint density at radius 3 is 2.56 bits per heavy atom. The molecule has 0 fully saturated rings. The number of carbonyl (C=O) groups is 2. The van der Waals surface area contributed by atoms with Crippen LogP contribution < -0.4 is 4.74 Å². The van der Waals surface area contributed by atoms with Crippen molar-refractivity contribution in [3.05, 3.63) is 76.8 Å². The normalized spacial score (nSPS) is 16.2. The molecule has 0 bridgehead atoms. The van der Waals surface area contributed by atoms with Crippen LogP contribution in [0.5, 0.6) is 5.75 Å². The lowest BCUT2D eigenvalue weighted by Crippen LogP contribution is -2.38. The quantitative estimate of drug-likeness (QED) is 0.465. The number of para-hydroxylation sites is 1. The maximum Gasteiger partial charge on any atom is 0.290 e. The summed E-state index contributed by atoms with van der Waals surface area (Å²) in [7, 11) is 1.53. The van der Waals surface area contributed by atoms with Gasteiger partial charge in [-0.1, -0.05) is 55.8 Å². The van der Waals surface area contributed by atoms with Gasteiger partial charge >= 0.3 is 0 Å². The maximum absolute atomic E-state index is 13.7. The van der Waals surface area contributed by atoms with Gasteiger partial charge in [0, 0.05) is 18.5 Å². The molecule has 4 rings (SSSR count). The average molecular weight is 463 g/mol. The number of hydrogen-bond donors (Lipinski definition) is 1. The number of ketones is 1. The van der Waals surface area contributed by atoms with Crippen LogP contribution in [-0.2, 0) is 4.79 Å². The van der Waals surface area contributed by atoms with E-state index in [1.54, 1.807) is 17.0 Å². The summed E-state index contributed by atoms with van der Waals surface area (Å²) in [4.78, 5) is 30.7. The molecule has 7 nitrogen and oxygen atoms in total. The molecule has 1 aliphatic rings. The number of ether oxygens (including phenoxy) is 1. The van der Waals surface area contributed by atoms with Crippen molar-refractivity contribution in [1.29, 1.82) is 0 Å². The zero-order chi connectivity index (χ0) is 24.4. The van der Waals surface area contributed by atoms with Crippen LogP contribution in [0, 0.1) is 6.92 Å². The summed E-state index contributed by atoms with van der Waals surface area (Å²) < 4.78 is 11.2. The van der Waals surface area contributed by atoms with Crippen LogP contribution in [0.2, 0.25) is 0 Å². The zero-order valence-corrected chi connectivity index (χ0v) is 20.0. The number of methoxy groups -OCH3 is 1. The van der Waals surface area contributed by atoms with Crippen molar-refractivity contribution >= 4 is 22.7 Å². The fourth-order valence-electron chi connectivity index (χ4n) is 4.53. The number of aryl methyl sites for hydroxylation is 1. The van der Waals surface area contributed by atoms with Crippen molar-refractivity contribution in [1.82, 2.24) is 9.80 Å². The molecule has 2 aromatic carbocycles. The van der Waals surface area contributed by atoms with Crippen molar-refractivity contribution in [3.8, 4) is 5.75 Å². The Kier molecular flexibility index (Phi) is 6.75. The number of hydrogen-bond acceptors (Lipinski definition) is 6. The first-order valence-corrected chi connectivity index (χ1v) is 11.5. The van der Waals surface area contributed by atoms with Gasteiger partial charge in [-0.25, -0.2) is 0 Å². The third kappa shape index (κ3) is 4.19. The van der Waals surface area contributed by atoms with Crippen LogP contribution in [0.4, 0.5) is 0 Å². The van der Waals surface area contributed by atoms with E-state index in [9.17, 15) is 14.7 Å². The number of aliphatic hydroxyl groups excluding tert-OH is 1. The molecule has 1 aliphatic heterocycles. The van der Waals surface area contributed by atoms with E-state index in [1.807, 2.05) is 43.3 Å². The molecule has 34 heavy (non-hydrogen) atoms. The van der Waals surface area contributed by atoms with E-state index < -0.39 is 23.5 Å². The molecule has 0 spiro atoms. The topological polar surface area (TPSA) is 83.2 Å². The Morgan fingerprint density at radius 2 is 1.88 bits per heavy atom. The fourth-order valence-corrected chi connectivity index (χ4v) is 4.53. The Bertz CT molecular complexity index is 1250. The average Bonchev–Trinajstić information content (AvgIpc) is 3.39. The molecule has 1 unspecified atom stereocenters. The molecule has 3 aromatic rings. The summed E-state index contributed by atoms with van der Waals surface area (Å²) in [6, 6.07) is 14.0. The van der Waals surface area contributed by atoms with Gasteiger partial charge in [-0.05, 0) is 37.7 Å². The lowest BCUT2D eigenvalue weighted by atomic mass is 9.94. The smallest absolute Gasteiger partial charge is 0.290 e. The van der Waals surface area contributed by atoms with Crippen LogP contribution in [0.25, 0.3) is 11.0 Å². The van der Waals surface area contributed by atoms with Gasteiger partial charge in [-0.15, -0.1) is 0 Å². The molecule has 178 valence electrons. The third-order valence-electron chi connectivity index (χ3n) is 6.41. The zero-order valence-electron chi connectivity index (χ0n) is 20.0. The number of furan rings is 1. The maximum atomic E-state index is 13.7. The second-order valence-corrected chi connectivity index (χ2v) is 8.42. The van der Waals surface area contributed by atoms with Gasteiger partial charge in [-0.2, -0.15) is 0 Å². The number of nitrogens with zero attached hydrogens (tertiary/aromatic N) is 2. The Labute approximate surface area is 199 Å². The molecule has 0 radical (unpaired) electrons. The predicted octanol–water partition coefficient (Wildman–Crippen LogP) is 4.67. The Balaban J connectivity index is 1.77. The van der Waals surface area contributed by atoms with E-state index >= 15 is 0 Å². The molecule has 1 aromatic heterocycles. The number of benzene rings is 2. The van der Waals surface area contributed by atoms with Crippen molar-refractivity contribution in [2.45, 2.75) is 26.8 Å². The minimum Gasteiger partial charge on any atom is -0.503 e. The van der Waals surface area contributed by atoms with Crippen LogP contribution in [0.1, 0.15) is 41.6 Å². The van der Waals surface area contributed by atoms with Crippen LogP contribution in [-0.4, -0.2) is 59.9 Å². The summed E-state index contributed by atoms with van der Waals surface area (Å²) in [5.74, 6) is -1.02. The van der Waals surface area contributed by atoms with E-state index in [2.05, 4.69) is 18.7 Å². The van der Waals surface area contributed by atoms with Crippen LogP contribution >= 0.6 is 0 Å². The molecule has 1 N–H and O–H groups in total. The number of rotatable bonds is 9. The lowest BCUT2D eigenvalue weighted by molar-refractivity contribution is -0.129. The molecular formula is C27H30N2O5. The Morgan fingerprint density at radius 1 is 1.15 bits per heavy atom. The first kappa shape index (κ1) is 23.6. The van der Waals surface area contributed by atoms with E-state index in [-0.39, 0.29) is 11.3 Å². The Hall–Kier alpha value is -3.58.